The summed E-state index contributed by atoms with van der Waals surface area (Å²) in [6.07, 6.45) is 0.993. The molecular formula is C9H14N2O2. The van der Waals surface area contributed by atoms with Gasteiger partial charge in [0.25, 0.3) is 0 Å². The topological polar surface area (TPSA) is 40.6 Å². The molecule has 2 aliphatic rings. The standard InChI is InChI=1S/C9H14N2O2/c1-6-3-7(6)9(13)11-4-8(12)10(2)5-11/h6-7H,3-5H2,1-2H3. The summed E-state index contributed by atoms with van der Waals surface area (Å²) in [6, 6.07) is 0. The number of hydrogen-bond donors (Lipinski definition) is 0. The van der Waals surface area contributed by atoms with E-state index in [2.05, 4.69) is 6.92 Å². The highest BCUT2D eigenvalue weighted by Gasteiger charge is 2.43. The Balaban J connectivity index is 1.96. The van der Waals surface area contributed by atoms with Crippen molar-refractivity contribution < 1.29 is 9.59 Å². The van der Waals surface area contributed by atoms with Crippen molar-refractivity contribution in [2.45, 2.75) is 13.3 Å². The predicted octanol–water partition coefficient (Wildman–Crippen LogP) is -0.0995. The molecule has 1 saturated carbocycles. The maximum Gasteiger partial charge on any atom is 0.243 e. The summed E-state index contributed by atoms with van der Waals surface area (Å²) in [5, 5.41) is 0. The molecule has 0 aromatic heterocycles. The molecule has 2 unspecified atom stereocenters. The Kier molecular flexibility index (Phi) is 1.78. The molecule has 0 aromatic carbocycles. The highest BCUT2D eigenvalue weighted by molar-refractivity contribution is 5.89. The summed E-state index contributed by atoms with van der Waals surface area (Å²) < 4.78 is 0. The van der Waals surface area contributed by atoms with Gasteiger partial charge >= 0.3 is 0 Å². The summed E-state index contributed by atoms with van der Waals surface area (Å²) >= 11 is 0. The maximum absolute atomic E-state index is 11.7. The second-order valence-corrected chi connectivity index (χ2v) is 4.09. The molecule has 1 saturated heterocycles. The lowest BCUT2D eigenvalue weighted by Gasteiger charge is -2.14. The van der Waals surface area contributed by atoms with E-state index in [1.54, 1.807) is 16.8 Å². The van der Waals surface area contributed by atoms with Crippen LogP contribution in [0.3, 0.4) is 0 Å². The van der Waals surface area contributed by atoms with E-state index in [4.69, 9.17) is 0 Å². The minimum atomic E-state index is 0.0432. The van der Waals surface area contributed by atoms with Crippen molar-refractivity contribution in [3.05, 3.63) is 0 Å². The molecule has 4 nitrogen and oxygen atoms in total. The summed E-state index contributed by atoms with van der Waals surface area (Å²) in [7, 11) is 1.73. The van der Waals surface area contributed by atoms with Crippen LogP contribution in [-0.2, 0) is 9.59 Å². The van der Waals surface area contributed by atoms with Crippen LogP contribution in [0.25, 0.3) is 0 Å². The number of carbonyl (C=O) groups excluding carboxylic acids is 2. The third-order valence-corrected chi connectivity index (χ3v) is 2.87. The summed E-state index contributed by atoms with van der Waals surface area (Å²) in [4.78, 5) is 26.0. The largest absolute Gasteiger partial charge is 0.326 e. The van der Waals surface area contributed by atoms with Gasteiger partial charge in [-0.15, -0.1) is 0 Å². The number of carbonyl (C=O) groups is 2. The number of rotatable bonds is 1. The number of likely N-dealkylation sites (N-methyl/N-ethyl adjacent to an activating group) is 1. The molecule has 1 aliphatic carbocycles. The van der Waals surface area contributed by atoms with Crippen LogP contribution in [0.15, 0.2) is 0 Å². The Labute approximate surface area is 77.5 Å². The van der Waals surface area contributed by atoms with Gasteiger partial charge in [-0.1, -0.05) is 6.92 Å². The first-order valence-corrected chi connectivity index (χ1v) is 4.62. The van der Waals surface area contributed by atoms with Crippen LogP contribution in [-0.4, -0.2) is 41.9 Å². The summed E-state index contributed by atoms with van der Waals surface area (Å²) in [5.41, 5.74) is 0. The van der Waals surface area contributed by atoms with Crippen molar-refractivity contribution in [1.29, 1.82) is 0 Å². The smallest absolute Gasteiger partial charge is 0.243 e. The molecule has 0 radical (unpaired) electrons. The van der Waals surface area contributed by atoms with Crippen molar-refractivity contribution >= 4 is 11.8 Å². The third-order valence-electron chi connectivity index (χ3n) is 2.87. The van der Waals surface area contributed by atoms with E-state index in [1.165, 1.54) is 0 Å². The second-order valence-electron chi connectivity index (χ2n) is 4.09. The molecular weight excluding hydrogens is 168 g/mol. The third kappa shape index (κ3) is 1.41. The average Bonchev–Trinajstić information content (AvgIpc) is 2.70. The highest BCUT2D eigenvalue weighted by atomic mass is 16.2. The molecule has 1 heterocycles. The van der Waals surface area contributed by atoms with Gasteiger partial charge in [-0.05, 0) is 12.3 Å². The molecule has 72 valence electrons. The van der Waals surface area contributed by atoms with Crippen LogP contribution in [0.1, 0.15) is 13.3 Å². The molecule has 1 aliphatic heterocycles. The molecule has 2 fully saturated rings. The molecule has 2 atom stereocenters. The van der Waals surface area contributed by atoms with Crippen molar-refractivity contribution in [2.75, 3.05) is 20.3 Å². The first-order valence-electron chi connectivity index (χ1n) is 4.62. The SMILES string of the molecule is CC1CC1C(=O)N1CC(=O)N(C)C1. The molecule has 0 bridgehead atoms. The minimum absolute atomic E-state index is 0.0432. The van der Waals surface area contributed by atoms with Crippen LogP contribution in [0, 0.1) is 11.8 Å². The van der Waals surface area contributed by atoms with Crippen LogP contribution < -0.4 is 0 Å². The van der Waals surface area contributed by atoms with Gasteiger partial charge in [-0.3, -0.25) is 9.59 Å². The fraction of sp³-hybridized carbons (Fsp3) is 0.778. The normalized spacial score (nSPS) is 32.6. The average molecular weight is 182 g/mol. The molecule has 0 spiro atoms. The van der Waals surface area contributed by atoms with Crippen molar-refractivity contribution in [1.82, 2.24) is 9.80 Å². The fourth-order valence-corrected chi connectivity index (χ4v) is 1.72. The monoisotopic (exact) mass is 182 g/mol. The Hall–Kier alpha value is -1.06. The van der Waals surface area contributed by atoms with E-state index >= 15 is 0 Å². The molecule has 2 rings (SSSR count). The highest BCUT2D eigenvalue weighted by Crippen LogP contribution is 2.39. The van der Waals surface area contributed by atoms with Crippen LogP contribution in [0.2, 0.25) is 0 Å². The molecule has 13 heavy (non-hydrogen) atoms. The Morgan fingerprint density at radius 2 is 2.15 bits per heavy atom. The molecule has 0 N–H and O–H groups in total. The van der Waals surface area contributed by atoms with E-state index in [1.807, 2.05) is 0 Å². The summed E-state index contributed by atoms with van der Waals surface area (Å²) in [6.45, 7) is 2.82. The predicted molar refractivity (Wildman–Crippen MR) is 46.6 cm³/mol. The van der Waals surface area contributed by atoms with Gasteiger partial charge in [-0.25, -0.2) is 0 Å². The zero-order valence-corrected chi connectivity index (χ0v) is 7.99. The first kappa shape index (κ1) is 8.53. The fourth-order valence-electron chi connectivity index (χ4n) is 1.72. The van der Waals surface area contributed by atoms with Gasteiger partial charge in [0, 0.05) is 13.0 Å². The van der Waals surface area contributed by atoms with Gasteiger partial charge < -0.3 is 9.80 Å². The Morgan fingerprint density at radius 3 is 2.54 bits per heavy atom. The number of nitrogens with zero attached hydrogens (tertiary/aromatic N) is 2. The lowest BCUT2D eigenvalue weighted by Crippen LogP contribution is -2.31. The lowest BCUT2D eigenvalue weighted by atomic mass is 10.3. The van der Waals surface area contributed by atoms with E-state index in [0.717, 1.165) is 6.42 Å². The quantitative estimate of drug-likeness (QED) is 0.568. The lowest BCUT2D eigenvalue weighted by molar-refractivity contribution is -0.133. The van der Waals surface area contributed by atoms with E-state index < -0.39 is 0 Å². The van der Waals surface area contributed by atoms with E-state index in [-0.39, 0.29) is 24.3 Å². The van der Waals surface area contributed by atoms with Gasteiger partial charge in [0.2, 0.25) is 11.8 Å². The minimum Gasteiger partial charge on any atom is -0.326 e. The van der Waals surface area contributed by atoms with Crippen molar-refractivity contribution in [3.63, 3.8) is 0 Å². The van der Waals surface area contributed by atoms with Crippen LogP contribution in [0.4, 0.5) is 0 Å². The van der Waals surface area contributed by atoms with Crippen molar-refractivity contribution in [3.8, 4) is 0 Å². The Morgan fingerprint density at radius 1 is 1.54 bits per heavy atom. The van der Waals surface area contributed by atoms with Gasteiger partial charge in [0.15, 0.2) is 0 Å². The van der Waals surface area contributed by atoms with Crippen LogP contribution in [0.5, 0.6) is 0 Å². The van der Waals surface area contributed by atoms with Gasteiger partial charge in [0.1, 0.15) is 6.54 Å². The van der Waals surface area contributed by atoms with Crippen LogP contribution >= 0.6 is 0 Å². The number of hydrogen-bond acceptors (Lipinski definition) is 2. The van der Waals surface area contributed by atoms with E-state index in [0.29, 0.717) is 12.6 Å². The number of amides is 2. The molecule has 2 amide bonds. The Bertz CT molecular complexity index is 264. The van der Waals surface area contributed by atoms with Gasteiger partial charge in [-0.2, -0.15) is 0 Å². The van der Waals surface area contributed by atoms with E-state index in [9.17, 15) is 9.59 Å². The van der Waals surface area contributed by atoms with Gasteiger partial charge in [0.05, 0.1) is 6.67 Å². The second kappa shape index (κ2) is 2.72. The first-order chi connectivity index (χ1) is 6.09. The van der Waals surface area contributed by atoms with Crippen molar-refractivity contribution in [2.24, 2.45) is 11.8 Å². The maximum atomic E-state index is 11.7. The molecule has 4 heteroatoms. The molecule has 0 aromatic rings. The summed E-state index contributed by atoms with van der Waals surface area (Å²) in [5.74, 6) is 0.916. The zero-order valence-electron chi connectivity index (χ0n) is 7.99. The zero-order chi connectivity index (χ0) is 9.59.